The third kappa shape index (κ3) is 32.2. The van der Waals surface area contributed by atoms with Crippen LogP contribution in [-0.2, 0) is 18.4 Å². The van der Waals surface area contributed by atoms with Gasteiger partial charge in [-0.15, -0.1) is 0 Å². The first-order chi connectivity index (χ1) is 22.8. The van der Waals surface area contributed by atoms with Gasteiger partial charge in [0.15, 0.2) is 0 Å². The molecule has 0 aromatic heterocycles. The Morgan fingerprint density at radius 2 is 1.17 bits per heavy atom. The quantitative estimate of drug-likeness (QED) is 0.0248. The third-order valence-corrected chi connectivity index (χ3v) is 9.65. The van der Waals surface area contributed by atoms with Crippen LogP contribution in [0.2, 0.25) is 0 Å². The maximum Gasteiger partial charge on any atom is 0.472 e. The Morgan fingerprint density at radius 3 is 1.64 bits per heavy atom. The molecule has 0 saturated carbocycles. The molecule has 0 radical (unpaired) electrons. The molecule has 1 amide bonds. The molecule has 4 atom stereocenters. The van der Waals surface area contributed by atoms with Crippen molar-refractivity contribution in [2.45, 2.75) is 199 Å². The van der Waals surface area contributed by atoms with E-state index in [9.17, 15) is 24.5 Å². The van der Waals surface area contributed by atoms with Gasteiger partial charge in [-0.2, -0.15) is 0 Å². The van der Waals surface area contributed by atoms with Crippen LogP contribution in [0.15, 0.2) is 12.2 Å². The minimum absolute atomic E-state index is 0.0512. The lowest BCUT2D eigenvalue weighted by atomic mass is 10.0. The highest BCUT2D eigenvalue weighted by Gasteiger charge is 2.27. The molecule has 10 heteroatoms. The summed E-state index contributed by atoms with van der Waals surface area (Å²) in [6.07, 6.45) is 31.5. The number of amides is 1. The van der Waals surface area contributed by atoms with Gasteiger partial charge in [0, 0.05) is 6.54 Å². The molecule has 4 unspecified atom stereocenters. The van der Waals surface area contributed by atoms with Crippen molar-refractivity contribution in [1.29, 1.82) is 0 Å². The molecule has 6 N–H and O–H groups in total. The van der Waals surface area contributed by atoms with E-state index in [1.807, 2.05) is 6.08 Å². The van der Waals surface area contributed by atoms with Crippen molar-refractivity contribution >= 4 is 13.7 Å². The van der Waals surface area contributed by atoms with Crippen molar-refractivity contribution in [2.24, 2.45) is 5.73 Å². The maximum absolute atomic E-state index is 12.7. The van der Waals surface area contributed by atoms with Gasteiger partial charge in [0.25, 0.3) is 0 Å². The SMILES string of the molecule is CCCCCCCCCCCCCC/C=C/C(O)C(COP(=O)(O)OCCN)NC(=O)CC(O)CCCCCCCCCCCCC. The first-order valence-electron chi connectivity index (χ1n) is 19.4. The van der Waals surface area contributed by atoms with Gasteiger partial charge in [-0.1, -0.05) is 167 Å². The van der Waals surface area contributed by atoms with Gasteiger partial charge in [0.2, 0.25) is 5.91 Å². The van der Waals surface area contributed by atoms with Crippen LogP contribution in [0.3, 0.4) is 0 Å². The molecular weight excluding hydrogens is 615 g/mol. The molecule has 0 aliphatic rings. The zero-order chi connectivity index (χ0) is 34.9. The van der Waals surface area contributed by atoms with Crippen LogP contribution in [0.4, 0.5) is 0 Å². The Kier molecular flexibility index (Phi) is 33.1. The van der Waals surface area contributed by atoms with E-state index < -0.39 is 38.6 Å². The summed E-state index contributed by atoms with van der Waals surface area (Å²) in [5, 5.41) is 23.9. The average Bonchev–Trinajstić information content (AvgIpc) is 3.04. The molecule has 0 bridgehead atoms. The average molecular weight is 691 g/mol. The van der Waals surface area contributed by atoms with Crippen LogP contribution < -0.4 is 11.1 Å². The number of rotatable bonds is 36. The number of allylic oxidation sites excluding steroid dienone is 1. The molecule has 0 spiro atoms. The van der Waals surface area contributed by atoms with Crippen molar-refractivity contribution < 1.29 is 33.5 Å². The van der Waals surface area contributed by atoms with Gasteiger partial charge in [-0.3, -0.25) is 13.8 Å². The lowest BCUT2D eigenvalue weighted by molar-refractivity contribution is -0.124. The summed E-state index contributed by atoms with van der Waals surface area (Å²) < 4.78 is 22.0. The summed E-state index contributed by atoms with van der Waals surface area (Å²) >= 11 is 0. The van der Waals surface area contributed by atoms with Crippen molar-refractivity contribution in [1.82, 2.24) is 5.32 Å². The number of phosphoric acid groups is 1. The molecule has 0 aliphatic heterocycles. The highest BCUT2D eigenvalue weighted by molar-refractivity contribution is 7.47. The fraction of sp³-hybridized carbons (Fsp3) is 0.919. The zero-order valence-electron chi connectivity index (χ0n) is 30.4. The monoisotopic (exact) mass is 691 g/mol. The van der Waals surface area contributed by atoms with Gasteiger partial charge in [-0.25, -0.2) is 4.57 Å². The Bertz CT molecular complexity index is 771. The van der Waals surface area contributed by atoms with Gasteiger partial charge in [-0.05, 0) is 19.3 Å². The molecule has 280 valence electrons. The van der Waals surface area contributed by atoms with Crippen LogP contribution in [0, 0.1) is 0 Å². The van der Waals surface area contributed by atoms with Gasteiger partial charge in [0.1, 0.15) is 0 Å². The number of aliphatic hydroxyl groups is 2. The Morgan fingerprint density at radius 1 is 0.723 bits per heavy atom. The van der Waals surface area contributed by atoms with Crippen LogP contribution in [0.1, 0.15) is 181 Å². The summed E-state index contributed by atoms with van der Waals surface area (Å²) in [7, 11) is -4.39. The van der Waals surface area contributed by atoms with E-state index in [0.29, 0.717) is 6.42 Å². The largest absolute Gasteiger partial charge is 0.472 e. The molecule has 0 aromatic carbocycles. The lowest BCUT2D eigenvalue weighted by Crippen LogP contribution is -2.46. The number of carbonyl (C=O) groups excluding carboxylic acids is 1. The second kappa shape index (κ2) is 33.7. The zero-order valence-corrected chi connectivity index (χ0v) is 31.3. The van der Waals surface area contributed by atoms with Gasteiger partial charge >= 0.3 is 7.82 Å². The Balaban J connectivity index is 4.43. The molecule has 9 nitrogen and oxygen atoms in total. The number of phosphoric ester groups is 1. The number of unbranched alkanes of at least 4 members (excludes halogenated alkanes) is 22. The van der Waals surface area contributed by atoms with E-state index in [-0.39, 0.29) is 19.6 Å². The first-order valence-corrected chi connectivity index (χ1v) is 20.9. The molecule has 0 rings (SSSR count). The topological polar surface area (TPSA) is 151 Å². The molecule has 47 heavy (non-hydrogen) atoms. The fourth-order valence-corrected chi connectivity index (χ4v) is 6.46. The van der Waals surface area contributed by atoms with Crippen LogP contribution in [0.5, 0.6) is 0 Å². The number of aliphatic hydroxyl groups excluding tert-OH is 2. The third-order valence-electron chi connectivity index (χ3n) is 8.67. The second-order valence-electron chi connectivity index (χ2n) is 13.3. The van der Waals surface area contributed by atoms with Crippen LogP contribution in [-0.4, -0.2) is 59.0 Å². The van der Waals surface area contributed by atoms with Crippen molar-refractivity contribution in [3.8, 4) is 0 Å². The molecule has 0 aliphatic carbocycles. The summed E-state index contributed by atoms with van der Waals surface area (Å²) in [6.45, 7) is 3.95. The van der Waals surface area contributed by atoms with Gasteiger partial charge < -0.3 is 26.2 Å². The number of carbonyl (C=O) groups is 1. The minimum Gasteiger partial charge on any atom is -0.393 e. The Hall–Kier alpha value is -0.800. The summed E-state index contributed by atoms with van der Waals surface area (Å²) in [5.74, 6) is -0.446. The van der Waals surface area contributed by atoms with E-state index in [2.05, 4.69) is 19.2 Å². The van der Waals surface area contributed by atoms with E-state index in [1.165, 1.54) is 116 Å². The Labute approximate surface area is 288 Å². The number of hydrogen-bond acceptors (Lipinski definition) is 7. The summed E-state index contributed by atoms with van der Waals surface area (Å²) in [5.41, 5.74) is 5.34. The molecular formula is C37H75N2O7P. The van der Waals surface area contributed by atoms with Crippen LogP contribution >= 0.6 is 7.82 Å². The molecule has 0 heterocycles. The van der Waals surface area contributed by atoms with E-state index in [0.717, 1.165) is 38.5 Å². The molecule has 0 saturated heterocycles. The number of hydrogen-bond donors (Lipinski definition) is 5. The fourth-order valence-electron chi connectivity index (χ4n) is 5.70. The predicted octanol–water partition coefficient (Wildman–Crippen LogP) is 9.02. The second-order valence-corrected chi connectivity index (χ2v) is 14.8. The maximum atomic E-state index is 12.7. The number of nitrogens with two attached hydrogens (primary N) is 1. The first kappa shape index (κ1) is 46.2. The predicted molar refractivity (Wildman–Crippen MR) is 195 cm³/mol. The normalized spacial score (nSPS) is 15.1. The van der Waals surface area contributed by atoms with Gasteiger partial charge in [0.05, 0.1) is 37.9 Å². The van der Waals surface area contributed by atoms with E-state index in [4.69, 9.17) is 14.8 Å². The van der Waals surface area contributed by atoms with Crippen molar-refractivity contribution in [3.05, 3.63) is 12.2 Å². The van der Waals surface area contributed by atoms with E-state index >= 15 is 0 Å². The highest BCUT2D eigenvalue weighted by atomic mass is 31.2. The summed E-state index contributed by atoms with van der Waals surface area (Å²) in [4.78, 5) is 22.6. The van der Waals surface area contributed by atoms with E-state index in [1.54, 1.807) is 6.08 Å². The lowest BCUT2D eigenvalue weighted by Gasteiger charge is -2.24. The summed E-state index contributed by atoms with van der Waals surface area (Å²) in [6, 6.07) is -0.975. The van der Waals surface area contributed by atoms with Crippen LogP contribution in [0.25, 0.3) is 0 Å². The standard InChI is InChI=1S/C37H75N2O7P/c1-3-5-7-9-11-13-15-16-17-19-21-23-25-27-29-36(41)35(33-46-47(43,44)45-31-30-38)39-37(42)32-34(40)28-26-24-22-20-18-14-12-10-8-6-4-2/h27,29,34-36,40-41H,3-26,28,30-33,38H2,1-2H3,(H,39,42)(H,43,44)/b29-27+. The van der Waals surface area contributed by atoms with Crippen molar-refractivity contribution in [2.75, 3.05) is 19.8 Å². The minimum atomic E-state index is -4.39. The smallest absolute Gasteiger partial charge is 0.393 e. The molecule has 0 aromatic rings. The highest BCUT2D eigenvalue weighted by Crippen LogP contribution is 2.43. The number of nitrogens with one attached hydrogen (secondary N) is 1. The van der Waals surface area contributed by atoms with Crippen molar-refractivity contribution in [3.63, 3.8) is 0 Å². The molecule has 0 fully saturated rings.